The van der Waals surface area contributed by atoms with Crippen molar-refractivity contribution in [2.24, 2.45) is 7.05 Å². The highest BCUT2D eigenvalue weighted by Crippen LogP contribution is 2.21. The molecule has 4 aromatic heterocycles. The van der Waals surface area contributed by atoms with Gasteiger partial charge in [-0.2, -0.15) is 5.10 Å². The molecule has 6 heteroatoms. The summed E-state index contributed by atoms with van der Waals surface area (Å²) in [6, 6.07) is 13.7. The average Bonchev–Trinajstić information content (AvgIpc) is 3.14. The second-order valence-corrected chi connectivity index (χ2v) is 4.95. The summed E-state index contributed by atoms with van der Waals surface area (Å²) in [6.45, 7) is 0. The lowest BCUT2D eigenvalue weighted by Crippen LogP contribution is -2.01. The van der Waals surface area contributed by atoms with Crippen LogP contribution in [0.4, 0.5) is 11.6 Å². The summed E-state index contributed by atoms with van der Waals surface area (Å²) < 4.78 is 3.79. The summed E-state index contributed by atoms with van der Waals surface area (Å²) in [7, 11) is 1.89. The van der Waals surface area contributed by atoms with E-state index in [2.05, 4.69) is 20.4 Å². The third-order valence-corrected chi connectivity index (χ3v) is 3.51. The van der Waals surface area contributed by atoms with E-state index in [0.29, 0.717) is 0 Å². The third-order valence-electron chi connectivity index (χ3n) is 3.51. The zero-order valence-electron chi connectivity index (χ0n) is 12.0. The molecule has 0 saturated heterocycles. The van der Waals surface area contributed by atoms with Crippen molar-refractivity contribution in [2.75, 3.05) is 5.32 Å². The van der Waals surface area contributed by atoms with Gasteiger partial charge >= 0.3 is 0 Å². The normalized spacial score (nSPS) is 11.0. The number of aromatic nitrogens is 5. The molecule has 0 atom stereocenters. The fourth-order valence-electron chi connectivity index (χ4n) is 2.40. The van der Waals surface area contributed by atoms with Crippen LogP contribution in [0.3, 0.4) is 0 Å². The second-order valence-electron chi connectivity index (χ2n) is 4.95. The van der Waals surface area contributed by atoms with Gasteiger partial charge in [-0.1, -0.05) is 12.1 Å². The van der Waals surface area contributed by atoms with E-state index < -0.39 is 0 Å². The van der Waals surface area contributed by atoms with E-state index in [1.807, 2.05) is 66.3 Å². The molecule has 4 rings (SSSR count). The van der Waals surface area contributed by atoms with Gasteiger partial charge in [0.2, 0.25) is 0 Å². The zero-order chi connectivity index (χ0) is 14.9. The van der Waals surface area contributed by atoms with Crippen molar-refractivity contribution >= 4 is 17.3 Å². The molecule has 22 heavy (non-hydrogen) atoms. The minimum atomic E-state index is 0.770. The van der Waals surface area contributed by atoms with E-state index in [-0.39, 0.29) is 0 Å². The standard InChI is InChI=1S/C16H14N6/c1-21-16(8-9-18-21)20-14-6-4-5-12(19-14)13-11-17-15-7-2-3-10-22(13)15/h2-11H,1H3,(H,19,20). The maximum absolute atomic E-state index is 4.67. The number of pyridine rings is 2. The first-order valence-electron chi connectivity index (χ1n) is 6.96. The Balaban J connectivity index is 1.74. The van der Waals surface area contributed by atoms with Crippen molar-refractivity contribution in [2.45, 2.75) is 0 Å². The first kappa shape index (κ1) is 12.6. The lowest BCUT2D eigenvalue weighted by molar-refractivity contribution is 0.776. The predicted octanol–water partition coefficient (Wildman–Crippen LogP) is 2.87. The van der Waals surface area contributed by atoms with Crippen molar-refractivity contribution in [1.29, 1.82) is 0 Å². The van der Waals surface area contributed by atoms with E-state index in [1.54, 1.807) is 10.9 Å². The van der Waals surface area contributed by atoms with Crippen molar-refractivity contribution in [3.63, 3.8) is 0 Å². The highest BCUT2D eigenvalue weighted by atomic mass is 15.3. The van der Waals surface area contributed by atoms with Gasteiger partial charge in [-0.3, -0.25) is 9.08 Å². The monoisotopic (exact) mass is 290 g/mol. The number of aryl methyl sites for hydroxylation is 1. The van der Waals surface area contributed by atoms with Crippen LogP contribution in [0.15, 0.2) is 61.1 Å². The van der Waals surface area contributed by atoms with Gasteiger partial charge in [0.15, 0.2) is 0 Å². The second kappa shape index (κ2) is 5.00. The number of rotatable bonds is 3. The zero-order valence-corrected chi connectivity index (χ0v) is 12.0. The van der Waals surface area contributed by atoms with Crippen LogP contribution in [0.5, 0.6) is 0 Å². The minimum Gasteiger partial charge on any atom is -0.325 e. The Labute approximate surface area is 127 Å². The SMILES string of the molecule is Cn1nccc1Nc1cccc(-c2cnc3ccccn23)n1. The van der Waals surface area contributed by atoms with Crippen molar-refractivity contribution in [1.82, 2.24) is 24.1 Å². The lowest BCUT2D eigenvalue weighted by Gasteiger charge is -2.07. The average molecular weight is 290 g/mol. The van der Waals surface area contributed by atoms with Gasteiger partial charge in [0.25, 0.3) is 0 Å². The van der Waals surface area contributed by atoms with Crippen molar-refractivity contribution in [3.05, 3.63) is 61.1 Å². The predicted molar refractivity (Wildman–Crippen MR) is 84.9 cm³/mol. The number of nitrogens with zero attached hydrogens (tertiary/aromatic N) is 5. The molecule has 6 nitrogen and oxygen atoms in total. The molecule has 0 spiro atoms. The van der Waals surface area contributed by atoms with Gasteiger partial charge in [-0.05, 0) is 24.3 Å². The van der Waals surface area contributed by atoms with Gasteiger partial charge < -0.3 is 5.32 Å². The Morgan fingerprint density at radius 1 is 1.05 bits per heavy atom. The summed E-state index contributed by atoms with van der Waals surface area (Å²) in [6.07, 6.45) is 5.57. The molecule has 1 N–H and O–H groups in total. The largest absolute Gasteiger partial charge is 0.325 e. The van der Waals surface area contributed by atoms with Crippen molar-refractivity contribution in [3.8, 4) is 11.4 Å². The number of hydrogen-bond acceptors (Lipinski definition) is 4. The smallest absolute Gasteiger partial charge is 0.137 e. The Morgan fingerprint density at radius 3 is 2.86 bits per heavy atom. The summed E-state index contributed by atoms with van der Waals surface area (Å²) in [4.78, 5) is 9.07. The summed E-state index contributed by atoms with van der Waals surface area (Å²) in [5.74, 6) is 1.66. The fourth-order valence-corrected chi connectivity index (χ4v) is 2.40. The molecule has 0 aliphatic carbocycles. The number of imidazole rings is 1. The molecule has 0 amide bonds. The van der Waals surface area contributed by atoms with Crippen LogP contribution in [-0.2, 0) is 7.05 Å². The van der Waals surface area contributed by atoms with Crippen LogP contribution in [0.25, 0.3) is 17.0 Å². The van der Waals surface area contributed by atoms with Crippen LogP contribution in [0.2, 0.25) is 0 Å². The summed E-state index contributed by atoms with van der Waals surface area (Å²) in [5.41, 5.74) is 2.74. The van der Waals surface area contributed by atoms with Crippen molar-refractivity contribution < 1.29 is 0 Å². The molecule has 0 radical (unpaired) electrons. The van der Waals surface area contributed by atoms with E-state index in [0.717, 1.165) is 28.7 Å². The van der Waals surface area contributed by atoms with Crippen LogP contribution < -0.4 is 5.32 Å². The highest BCUT2D eigenvalue weighted by Gasteiger charge is 2.08. The molecule has 4 aromatic rings. The van der Waals surface area contributed by atoms with E-state index >= 15 is 0 Å². The molecule has 0 aliphatic heterocycles. The summed E-state index contributed by atoms with van der Waals surface area (Å²) in [5, 5.41) is 7.40. The van der Waals surface area contributed by atoms with Gasteiger partial charge in [0.05, 0.1) is 23.8 Å². The minimum absolute atomic E-state index is 0.770. The Bertz CT molecular complexity index is 936. The van der Waals surface area contributed by atoms with Gasteiger partial charge in [0.1, 0.15) is 17.3 Å². The molecule has 0 fully saturated rings. The molecule has 108 valence electrons. The van der Waals surface area contributed by atoms with E-state index in [1.165, 1.54) is 0 Å². The lowest BCUT2D eigenvalue weighted by atomic mass is 10.3. The number of hydrogen-bond donors (Lipinski definition) is 1. The highest BCUT2D eigenvalue weighted by molar-refractivity contribution is 5.63. The number of anilines is 2. The molecule has 0 bridgehead atoms. The molecule has 0 saturated carbocycles. The fraction of sp³-hybridized carbons (Fsp3) is 0.0625. The Kier molecular flexibility index (Phi) is 2.86. The van der Waals surface area contributed by atoms with E-state index in [4.69, 9.17) is 0 Å². The van der Waals surface area contributed by atoms with Crippen LogP contribution in [-0.4, -0.2) is 24.1 Å². The van der Waals surface area contributed by atoms with Gasteiger partial charge in [-0.15, -0.1) is 0 Å². The van der Waals surface area contributed by atoms with E-state index in [9.17, 15) is 0 Å². The quantitative estimate of drug-likeness (QED) is 0.630. The maximum Gasteiger partial charge on any atom is 0.137 e. The van der Waals surface area contributed by atoms with Crippen LogP contribution in [0.1, 0.15) is 0 Å². The topological polar surface area (TPSA) is 60.0 Å². The summed E-state index contributed by atoms with van der Waals surface area (Å²) >= 11 is 0. The first-order valence-corrected chi connectivity index (χ1v) is 6.96. The first-order chi connectivity index (χ1) is 10.8. The van der Waals surface area contributed by atoms with Gasteiger partial charge in [-0.25, -0.2) is 9.97 Å². The van der Waals surface area contributed by atoms with Crippen LogP contribution >= 0.6 is 0 Å². The third kappa shape index (κ3) is 2.10. The number of nitrogens with one attached hydrogen (secondary N) is 1. The maximum atomic E-state index is 4.67. The molecule has 0 unspecified atom stereocenters. The molecule has 0 aromatic carbocycles. The molecular weight excluding hydrogens is 276 g/mol. The Morgan fingerprint density at radius 2 is 2.00 bits per heavy atom. The molecule has 4 heterocycles. The Hall–Kier alpha value is -3.15. The molecule has 0 aliphatic rings. The molecular formula is C16H14N6. The van der Waals surface area contributed by atoms with Crippen LogP contribution in [0, 0.1) is 0 Å². The van der Waals surface area contributed by atoms with Gasteiger partial charge in [0, 0.05) is 19.3 Å². The number of fused-ring (bicyclic) bond motifs is 1.